The molecule has 0 spiro atoms. The second-order valence-electron chi connectivity index (χ2n) is 4.12. The van der Waals surface area contributed by atoms with Gasteiger partial charge in [-0.15, -0.1) is 0 Å². The fraction of sp³-hybridized carbons (Fsp3) is 0.462. The molecule has 3 nitrogen and oxygen atoms in total. The van der Waals surface area contributed by atoms with Crippen molar-refractivity contribution in [3.63, 3.8) is 0 Å². The van der Waals surface area contributed by atoms with E-state index in [-0.39, 0.29) is 18.4 Å². The molecule has 0 aromatic heterocycles. The third-order valence-electron chi connectivity index (χ3n) is 2.85. The van der Waals surface area contributed by atoms with Gasteiger partial charge in [0.1, 0.15) is 0 Å². The molecule has 1 aromatic carbocycles. The summed E-state index contributed by atoms with van der Waals surface area (Å²) in [7, 11) is 0. The first-order valence-electron chi connectivity index (χ1n) is 5.64. The van der Waals surface area contributed by atoms with Gasteiger partial charge >= 0.3 is 5.97 Å². The van der Waals surface area contributed by atoms with E-state index in [0.717, 1.165) is 18.4 Å². The zero-order valence-corrected chi connectivity index (χ0v) is 9.60. The van der Waals surface area contributed by atoms with Crippen molar-refractivity contribution in [2.45, 2.75) is 32.2 Å². The standard InChI is InChI=1S/C13H19NO2/c1-2-12(14)11(9-13(15)16)8-10-6-4-3-5-7-10/h3-7,11-12H,2,8-9,14H2,1H3,(H,15,16). The summed E-state index contributed by atoms with van der Waals surface area (Å²) in [6.07, 6.45) is 1.69. The van der Waals surface area contributed by atoms with Gasteiger partial charge in [0, 0.05) is 12.5 Å². The van der Waals surface area contributed by atoms with Crippen LogP contribution < -0.4 is 5.73 Å². The maximum absolute atomic E-state index is 10.8. The average Bonchev–Trinajstić information content (AvgIpc) is 2.28. The molecule has 0 saturated carbocycles. The quantitative estimate of drug-likeness (QED) is 0.772. The molecule has 3 heteroatoms. The van der Waals surface area contributed by atoms with E-state index in [2.05, 4.69) is 0 Å². The molecule has 2 atom stereocenters. The highest BCUT2D eigenvalue weighted by Crippen LogP contribution is 2.17. The Bertz CT molecular complexity index is 324. The molecule has 2 unspecified atom stereocenters. The minimum atomic E-state index is -0.773. The zero-order valence-electron chi connectivity index (χ0n) is 9.60. The molecule has 0 heterocycles. The molecule has 0 aliphatic heterocycles. The maximum Gasteiger partial charge on any atom is 0.303 e. The van der Waals surface area contributed by atoms with E-state index in [1.807, 2.05) is 37.3 Å². The van der Waals surface area contributed by atoms with Gasteiger partial charge < -0.3 is 10.8 Å². The molecule has 0 radical (unpaired) electrons. The molecule has 0 fully saturated rings. The number of carbonyl (C=O) groups is 1. The molecule has 1 aromatic rings. The zero-order chi connectivity index (χ0) is 12.0. The lowest BCUT2D eigenvalue weighted by atomic mass is 9.88. The fourth-order valence-electron chi connectivity index (χ4n) is 1.85. The number of benzene rings is 1. The van der Waals surface area contributed by atoms with Gasteiger partial charge in [0.2, 0.25) is 0 Å². The van der Waals surface area contributed by atoms with E-state index in [1.54, 1.807) is 0 Å². The van der Waals surface area contributed by atoms with Gasteiger partial charge in [-0.1, -0.05) is 37.3 Å². The van der Waals surface area contributed by atoms with Gasteiger partial charge in [0.25, 0.3) is 0 Å². The Morgan fingerprint density at radius 1 is 1.38 bits per heavy atom. The highest BCUT2D eigenvalue weighted by atomic mass is 16.4. The third kappa shape index (κ3) is 4.03. The number of hydrogen-bond acceptors (Lipinski definition) is 2. The summed E-state index contributed by atoms with van der Waals surface area (Å²) >= 11 is 0. The van der Waals surface area contributed by atoms with Gasteiger partial charge in [0.15, 0.2) is 0 Å². The van der Waals surface area contributed by atoms with E-state index in [9.17, 15) is 4.79 Å². The van der Waals surface area contributed by atoms with E-state index in [0.29, 0.717) is 0 Å². The van der Waals surface area contributed by atoms with Gasteiger partial charge in [0.05, 0.1) is 0 Å². The molecule has 0 amide bonds. The molecule has 16 heavy (non-hydrogen) atoms. The summed E-state index contributed by atoms with van der Waals surface area (Å²) in [4.78, 5) is 10.8. The number of rotatable bonds is 6. The average molecular weight is 221 g/mol. The van der Waals surface area contributed by atoms with Crippen molar-refractivity contribution in [1.82, 2.24) is 0 Å². The van der Waals surface area contributed by atoms with Gasteiger partial charge in [-0.3, -0.25) is 4.79 Å². The molecule has 0 aliphatic rings. The SMILES string of the molecule is CCC(N)C(CC(=O)O)Cc1ccccc1. The maximum atomic E-state index is 10.8. The first-order valence-corrected chi connectivity index (χ1v) is 5.64. The van der Waals surface area contributed by atoms with E-state index >= 15 is 0 Å². The first-order chi connectivity index (χ1) is 7.63. The lowest BCUT2D eigenvalue weighted by Crippen LogP contribution is -2.32. The second kappa shape index (κ2) is 6.28. The molecule has 3 N–H and O–H groups in total. The summed E-state index contributed by atoms with van der Waals surface area (Å²) < 4.78 is 0. The molecular formula is C13H19NO2. The Morgan fingerprint density at radius 3 is 2.50 bits per heavy atom. The summed E-state index contributed by atoms with van der Waals surface area (Å²) in [5.74, 6) is -0.755. The van der Waals surface area contributed by atoms with Crippen LogP contribution in [0.3, 0.4) is 0 Å². The Labute approximate surface area is 96.3 Å². The van der Waals surface area contributed by atoms with Crippen LogP contribution in [-0.4, -0.2) is 17.1 Å². The predicted molar refractivity (Wildman–Crippen MR) is 64.2 cm³/mol. The molecule has 0 saturated heterocycles. The highest BCUT2D eigenvalue weighted by Gasteiger charge is 2.19. The van der Waals surface area contributed by atoms with Gasteiger partial charge in [-0.25, -0.2) is 0 Å². The van der Waals surface area contributed by atoms with E-state index in [4.69, 9.17) is 10.8 Å². The monoisotopic (exact) mass is 221 g/mol. The Morgan fingerprint density at radius 2 is 2.00 bits per heavy atom. The van der Waals surface area contributed by atoms with Crippen molar-refractivity contribution in [2.75, 3.05) is 0 Å². The van der Waals surface area contributed by atoms with Crippen molar-refractivity contribution < 1.29 is 9.90 Å². The van der Waals surface area contributed by atoms with Crippen LogP contribution in [0, 0.1) is 5.92 Å². The molecule has 88 valence electrons. The lowest BCUT2D eigenvalue weighted by Gasteiger charge is -2.21. The van der Waals surface area contributed by atoms with Crippen molar-refractivity contribution >= 4 is 5.97 Å². The minimum absolute atomic E-state index is 0.0184. The Hall–Kier alpha value is -1.35. The van der Waals surface area contributed by atoms with Crippen LogP contribution in [0.2, 0.25) is 0 Å². The van der Waals surface area contributed by atoms with Crippen molar-refractivity contribution in [3.8, 4) is 0 Å². The van der Waals surface area contributed by atoms with Crippen LogP contribution in [0.4, 0.5) is 0 Å². The number of aliphatic carboxylic acids is 1. The smallest absolute Gasteiger partial charge is 0.303 e. The molecule has 0 aliphatic carbocycles. The normalized spacial score (nSPS) is 14.4. The van der Waals surface area contributed by atoms with Crippen LogP contribution in [0.15, 0.2) is 30.3 Å². The van der Waals surface area contributed by atoms with Crippen molar-refractivity contribution in [2.24, 2.45) is 11.7 Å². The predicted octanol–water partition coefficient (Wildman–Crippen LogP) is 2.06. The van der Waals surface area contributed by atoms with Gasteiger partial charge in [-0.2, -0.15) is 0 Å². The summed E-state index contributed by atoms with van der Waals surface area (Å²) in [6.45, 7) is 1.99. The summed E-state index contributed by atoms with van der Waals surface area (Å²) in [5.41, 5.74) is 7.10. The van der Waals surface area contributed by atoms with Crippen LogP contribution >= 0.6 is 0 Å². The number of carboxylic acid groups (broad SMARTS) is 1. The topological polar surface area (TPSA) is 63.3 Å². The number of carboxylic acids is 1. The molecule has 1 rings (SSSR count). The van der Waals surface area contributed by atoms with Crippen LogP contribution in [0.5, 0.6) is 0 Å². The highest BCUT2D eigenvalue weighted by molar-refractivity contribution is 5.67. The van der Waals surface area contributed by atoms with Crippen LogP contribution in [-0.2, 0) is 11.2 Å². The van der Waals surface area contributed by atoms with Crippen LogP contribution in [0.1, 0.15) is 25.3 Å². The van der Waals surface area contributed by atoms with Crippen molar-refractivity contribution in [1.29, 1.82) is 0 Å². The second-order valence-corrected chi connectivity index (χ2v) is 4.12. The molecule has 0 bridgehead atoms. The van der Waals surface area contributed by atoms with E-state index in [1.165, 1.54) is 0 Å². The van der Waals surface area contributed by atoms with E-state index < -0.39 is 5.97 Å². The third-order valence-corrected chi connectivity index (χ3v) is 2.85. The van der Waals surface area contributed by atoms with Crippen LogP contribution in [0.25, 0.3) is 0 Å². The fourth-order valence-corrected chi connectivity index (χ4v) is 1.85. The van der Waals surface area contributed by atoms with Gasteiger partial charge in [-0.05, 0) is 24.3 Å². The Balaban J connectivity index is 2.67. The first kappa shape index (κ1) is 12.7. The lowest BCUT2D eigenvalue weighted by molar-refractivity contribution is -0.138. The number of hydrogen-bond donors (Lipinski definition) is 2. The summed E-state index contributed by atoms with van der Waals surface area (Å²) in [5, 5.41) is 8.85. The Kier molecular flexibility index (Phi) is 4.99. The minimum Gasteiger partial charge on any atom is -0.481 e. The van der Waals surface area contributed by atoms with Crippen molar-refractivity contribution in [3.05, 3.63) is 35.9 Å². The summed E-state index contributed by atoms with van der Waals surface area (Å²) in [6, 6.07) is 9.86. The number of nitrogens with two attached hydrogens (primary N) is 1. The molecular weight excluding hydrogens is 202 g/mol. The largest absolute Gasteiger partial charge is 0.481 e.